The number of amides is 1. The molecule has 8 heteroatoms. The number of H-pyrrole nitrogens is 1. The maximum Gasteiger partial charge on any atom is 0.409 e. The molecule has 0 radical (unpaired) electrons. The Morgan fingerprint density at radius 1 is 1.32 bits per heavy atom. The summed E-state index contributed by atoms with van der Waals surface area (Å²) in [5.41, 5.74) is 3.07. The van der Waals surface area contributed by atoms with E-state index in [1.807, 2.05) is 25.4 Å². The van der Waals surface area contributed by atoms with Crippen molar-refractivity contribution in [2.24, 2.45) is 0 Å². The van der Waals surface area contributed by atoms with E-state index in [2.05, 4.69) is 38.7 Å². The lowest BCUT2D eigenvalue weighted by molar-refractivity contribution is -0.0245. The summed E-state index contributed by atoms with van der Waals surface area (Å²) in [6, 6.07) is 8.41. The molecule has 1 saturated heterocycles. The number of likely N-dealkylation sites (tertiary alicyclic amines) is 1. The van der Waals surface area contributed by atoms with Crippen molar-refractivity contribution in [3.63, 3.8) is 0 Å². The molecular formula is C23H27N5O3. The fourth-order valence-corrected chi connectivity index (χ4v) is 4.73. The smallest absolute Gasteiger partial charge is 0.409 e. The molecule has 2 N–H and O–H groups in total. The van der Waals surface area contributed by atoms with E-state index >= 15 is 0 Å². The van der Waals surface area contributed by atoms with Gasteiger partial charge in [-0.15, -0.1) is 0 Å². The number of piperidine rings is 1. The first-order chi connectivity index (χ1) is 15.2. The average molecular weight is 422 g/mol. The number of nitrogens with zero attached hydrogens (tertiary/aromatic N) is 3. The zero-order chi connectivity index (χ0) is 21.3. The van der Waals surface area contributed by atoms with E-state index in [0.717, 1.165) is 48.0 Å². The van der Waals surface area contributed by atoms with Crippen LogP contribution in [0, 0.1) is 0 Å². The maximum absolute atomic E-state index is 12.1. The highest BCUT2D eigenvalue weighted by molar-refractivity contribution is 5.81. The van der Waals surface area contributed by atoms with Gasteiger partial charge in [-0.05, 0) is 18.6 Å². The second-order valence-corrected chi connectivity index (χ2v) is 8.27. The number of ether oxygens (including phenoxy) is 2. The van der Waals surface area contributed by atoms with Crippen molar-refractivity contribution in [2.45, 2.75) is 44.4 Å². The minimum atomic E-state index is -0.309. The van der Waals surface area contributed by atoms with Crippen molar-refractivity contribution >= 4 is 17.0 Å². The minimum Gasteiger partial charge on any atom is -0.485 e. The van der Waals surface area contributed by atoms with Crippen LogP contribution in [0.3, 0.4) is 0 Å². The number of pyridine rings is 1. The van der Waals surface area contributed by atoms with E-state index in [1.165, 1.54) is 5.56 Å². The van der Waals surface area contributed by atoms with Gasteiger partial charge in [0.2, 0.25) is 0 Å². The number of hydrogen-bond donors (Lipinski definition) is 2. The molecule has 1 fully saturated rings. The molecule has 0 aliphatic carbocycles. The van der Waals surface area contributed by atoms with Crippen molar-refractivity contribution in [1.29, 1.82) is 0 Å². The number of fused-ring (bicyclic) bond motifs is 2. The molecule has 1 atom stereocenters. The van der Waals surface area contributed by atoms with Crippen molar-refractivity contribution < 1.29 is 14.3 Å². The van der Waals surface area contributed by atoms with Crippen LogP contribution in [0.5, 0.6) is 5.75 Å². The Morgan fingerprint density at radius 3 is 3.03 bits per heavy atom. The van der Waals surface area contributed by atoms with Crippen molar-refractivity contribution in [3.05, 3.63) is 54.0 Å². The van der Waals surface area contributed by atoms with Gasteiger partial charge in [0, 0.05) is 62.1 Å². The third-order valence-corrected chi connectivity index (χ3v) is 6.40. The fraction of sp³-hybridized carbons (Fsp3) is 0.435. The number of carbonyl (C=O) groups is 1. The molecule has 1 amide bonds. The monoisotopic (exact) mass is 421 g/mol. The van der Waals surface area contributed by atoms with E-state index in [9.17, 15) is 4.79 Å². The van der Waals surface area contributed by atoms with Gasteiger partial charge < -0.3 is 19.7 Å². The zero-order valence-electron chi connectivity index (χ0n) is 17.6. The first-order valence-corrected chi connectivity index (χ1v) is 10.9. The third kappa shape index (κ3) is 3.83. The Balaban J connectivity index is 1.34. The van der Waals surface area contributed by atoms with Crippen LogP contribution in [0.4, 0.5) is 4.79 Å². The van der Waals surface area contributed by atoms with E-state index in [1.54, 1.807) is 11.1 Å². The summed E-state index contributed by atoms with van der Waals surface area (Å²) in [6.07, 6.45) is 7.62. The van der Waals surface area contributed by atoms with Crippen molar-refractivity contribution in [3.8, 4) is 5.75 Å². The molecule has 2 aromatic heterocycles. The molecule has 1 spiro atoms. The van der Waals surface area contributed by atoms with Gasteiger partial charge in [0.05, 0.1) is 24.5 Å². The molecule has 1 unspecified atom stereocenters. The molecule has 0 bridgehead atoms. The largest absolute Gasteiger partial charge is 0.485 e. The number of para-hydroxylation sites is 1. The average Bonchev–Trinajstić information content (AvgIpc) is 3.28. The van der Waals surface area contributed by atoms with Gasteiger partial charge in [0.1, 0.15) is 11.4 Å². The Bertz CT molecular complexity index is 1070. The molecule has 4 heterocycles. The number of aromatic amines is 1. The normalized spacial score (nSPS) is 19.8. The summed E-state index contributed by atoms with van der Waals surface area (Å²) < 4.78 is 11.7. The highest BCUT2D eigenvalue weighted by Crippen LogP contribution is 2.44. The quantitative estimate of drug-likeness (QED) is 0.669. The van der Waals surface area contributed by atoms with Crippen molar-refractivity contribution in [2.75, 3.05) is 19.7 Å². The van der Waals surface area contributed by atoms with Crippen LogP contribution in [0.1, 0.15) is 43.4 Å². The van der Waals surface area contributed by atoms with Gasteiger partial charge in [-0.2, -0.15) is 5.10 Å². The van der Waals surface area contributed by atoms with Crippen LogP contribution in [0.2, 0.25) is 0 Å². The second kappa shape index (κ2) is 8.19. The Kier molecular flexibility index (Phi) is 5.23. The summed E-state index contributed by atoms with van der Waals surface area (Å²) in [5, 5.41) is 12.1. The molecule has 3 aromatic rings. The molecular weight excluding hydrogens is 394 g/mol. The van der Waals surface area contributed by atoms with Gasteiger partial charge in [0.25, 0.3) is 0 Å². The Labute approximate surface area is 180 Å². The van der Waals surface area contributed by atoms with E-state index < -0.39 is 0 Å². The molecule has 8 nitrogen and oxygen atoms in total. The highest BCUT2D eigenvalue weighted by Gasteiger charge is 2.44. The highest BCUT2D eigenvalue weighted by atomic mass is 16.6. The Hall–Kier alpha value is -3.13. The van der Waals surface area contributed by atoms with Crippen LogP contribution in [0.25, 0.3) is 10.9 Å². The third-order valence-electron chi connectivity index (χ3n) is 6.40. The van der Waals surface area contributed by atoms with Gasteiger partial charge >= 0.3 is 6.09 Å². The summed E-state index contributed by atoms with van der Waals surface area (Å²) in [6.45, 7) is 4.21. The number of carbonyl (C=O) groups excluding carboxylic acids is 1. The van der Waals surface area contributed by atoms with Crippen LogP contribution in [-0.4, -0.2) is 51.5 Å². The molecule has 31 heavy (non-hydrogen) atoms. The topological polar surface area (TPSA) is 92.4 Å². The standard InChI is InChI=1S/C23H27N5O3/c1-2-30-22(29)28-10-7-23(8-11-28)12-19(18-6-9-24-15-20(18)31-23)25-13-16-4-3-5-17-14-26-27-21(16)17/h3-6,9,14-15,19,25H,2,7-8,10-13H2,1H3,(H,26,27). The molecule has 0 saturated carbocycles. The molecule has 2 aliphatic heterocycles. The van der Waals surface area contributed by atoms with Crippen LogP contribution in [0.15, 0.2) is 42.9 Å². The summed E-state index contributed by atoms with van der Waals surface area (Å²) in [5.74, 6) is 0.829. The van der Waals surface area contributed by atoms with E-state index in [4.69, 9.17) is 9.47 Å². The number of hydrogen-bond acceptors (Lipinski definition) is 6. The molecule has 1 aromatic carbocycles. The molecule has 2 aliphatic rings. The lowest BCUT2D eigenvalue weighted by atomic mass is 9.81. The lowest BCUT2D eigenvalue weighted by Crippen LogP contribution is -2.53. The SMILES string of the molecule is CCOC(=O)N1CCC2(CC1)CC(NCc1cccc3cn[nH]c13)c1ccncc1O2. The Morgan fingerprint density at radius 2 is 2.19 bits per heavy atom. The predicted octanol–water partition coefficient (Wildman–Crippen LogP) is 3.56. The van der Waals surface area contributed by atoms with E-state index in [-0.39, 0.29) is 17.7 Å². The summed E-state index contributed by atoms with van der Waals surface area (Å²) >= 11 is 0. The minimum absolute atomic E-state index is 0.138. The summed E-state index contributed by atoms with van der Waals surface area (Å²) in [7, 11) is 0. The number of rotatable bonds is 4. The maximum atomic E-state index is 12.1. The van der Waals surface area contributed by atoms with E-state index in [0.29, 0.717) is 19.7 Å². The number of aromatic nitrogens is 3. The zero-order valence-corrected chi connectivity index (χ0v) is 17.6. The second-order valence-electron chi connectivity index (χ2n) is 8.27. The fourth-order valence-electron chi connectivity index (χ4n) is 4.73. The lowest BCUT2D eigenvalue weighted by Gasteiger charge is -2.46. The number of benzene rings is 1. The molecule has 162 valence electrons. The van der Waals surface area contributed by atoms with Gasteiger partial charge in [-0.1, -0.05) is 18.2 Å². The van der Waals surface area contributed by atoms with Gasteiger partial charge in [-0.3, -0.25) is 10.1 Å². The van der Waals surface area contributed by atoms with Crippen LogP contribution in [-0.2, 0) is 11.3 Å². The predicted molar refractivity (Wildman–Crippen MR) is 116 cm³/mol. The van der Waals surface area contributed by atoms with Crippen LogP contribution >= 0.6 is 0 Å². The number of nitrogens with one attached hydrogen (secondary N) is 2. The first-order valence-electron chi connectivity index (χ1n) is 10.9. The summed E-state index contributed by atoms with van der Waals surface area (Å²) in [4.78, 5) is 18.2. The molecule has 5 rings (SSSR count). The first kappa shape index (κ1) is 19.8. The van der Waals surface area contributed by atoms with Gasteiger partial charge in [0.15, 0.2) is 0 Å². The van der Waals surface area contributed by atoms with Crippen molar-refractivity contribution in [1.82, 2.24) is 25.4 Å². The van der Waals surface area contributed by atoms with Crippen LogP contribution < -0.4 is 10.1 Å². The van der Waals surface area contributed by atoms with Gasteiger partial charge in [-0.25, -0.2) is 4.79 Å².